The summed E-state index contributed by atoms with van der Waals surface area (Å²) in [5, 5.41) is 0. The third-order valence-electron chi connectivity index (χ3n) is 9.40. The second kappa shape index (κ2) is 14.3. The number of esters is 1. The smallest absolute Gasteiger partial charge is 0.338 e. The van der Waals surface area contributed by atoms with E-state index >= 15 is 0 Å². The number of aliphatic imine (C=N–C) groups is 1. The van der Waals surface area contributed by atoms with Gasteiger partial charge in [0, 0.05) is 35.9 Å². The Labute approximate surface area is 287 Å². The normalized spacial score (nSPS) is 27.2. The molecule has 2 fully saturated rings. The van der Waals surface area contributed by atoms with Crippen LogP contribution in [0.3, 0.4) is 0 Å². The van der Waals surface area contributed by atoms with Crippen LogP contribution in [0.25, 0.3) is 0 Å². The van der Waals surface area contributed by atoms with Gasteiger partial charge in [-0.3, -0.25) is 4.79 Å². The fourth-order valence-corrected chi connectivity index (χ4v) is 8.54. The van der Waals surface area contributed by atoms with Gasteiger partial charge in [-0.1, -0.05) is 71.8 Å². The molecule has 3 aromatic rings. The van der Waals surface area contributed by atoms with Gasteiger partial charge in [0.1, 0.15) is 6.10 Å². The van der Waals surface area contributed by atoms with Crippen LogP contribution in [0.1, 0.15) is 56.1 Å². The zero-order valence-electron chi connectivity index (χ0n) is 28.0. The third-order valence-corrected chi connectivity index (χ3v) is 11.2. The first-order chi connectivity index (χ1) is 23.6. The van der Waals surface area contributed by atoms with Gasteiger partial charge in [0.15, 0.2) is 12.4 Å². The van der Waals surface area contributed by atoms with Crippen molar-refractivity contribution in [2.24, 2.45) is 16.8 Å². The van der Waals surface area contributed by atoms with Gasteiger partial charge in [-0.05, 0) is 57.9 Å². The lowest BCUT2D eigenvalue weighted by molar-refractivity contribution is -0.243. The molecule has 3 aromatic carbocycles. The number of rotatable bonds is 10. The molecule has 258 valence electrons. The fourth-order valence-electron chi connectivity index (χ4n) is 7.09. The molecular weight excluding hydrogens is 644 g/mol. The second-order valence-electron chi connectivity index (χ2n) is 12.8. The monoisotopic (exact) mass is 686 g/mol. The zero-order chi connectivity index (χ0) is 34.8. The van der Waals surface area contributed by atoms with Crippen molar-refractivity contribution < 1.29 is 37.0 Å². The highest BCUT2D eigenvalue weighted by atomic mass is 32.2. The van der Waals surface area contributed by atoms with Gasteiger partial charge < -0.3 is 18.9 Å². The van der Waals surface area contributed by atoms with Crippen LogP contribution in [0.2, 0.25) is 0 Å². The van der Waals surface area contributed by atoms with Crippen LogP contribution in [0.15, 0.2) is 107 Å². The molecule has 11 heteroatoms. The molecule has 0 aliphatic carbocycles. The Morgan fingerprint density at radius 2 is 1.69 bits per heavy atom. The number of hydrogen-bond acceptors (Lipinski definition) is 9. The summed E-state index contributed by atoms with van der Waals surface area (Å²) >= 11 is 0. The van der Waals surface area contributed by atoms with E-state index in [-0.39, 0.29) is 36.8 Å². The number of hydrogen-bond donors (Lipinski definition) is 0. The highest BCUT2D eigenvalue weighted by molar-refractivity contribution is 7.89. The van der Waals surface area contributed by atoms with Gasteiger partial charge in [-0.25, -0.2) is 22.5 Å². The number of nitrogens with zero attached hydrogens (tertiary/aromatic N) is 2. The molecule has 49 heavy (non-hydrogen) atoms. The molecule has 0 bridgehead atoms. The average Bonchev–Trinajstić information content (AvgIpc) is 3.52. The van der Waals surface area contributed by atoms with Crippen molar-refractivity contribution in [3.8, 4) is 0 Å². The summed E-state index contributed by atoms with van der Waals surface area (Å²) in [4.78, 5) is 34.2. The van der Waals surface area contributed by atoms with Gasteiger partial charge in [-0.2, -0.15) is 0 Å². The molecule has 3 heterocycles. The molecule has 0 spiro atoms. The molecule has 2 saturated heterocycles. The molecule has 3 aliphatic heterocycles. The summed E-state index contributed by atoms with van der Waals surface area (Å²) in [6.45, 7) is 9.65. The third kappa shape index (κ3) is 6.67. The lowest BCUT2D eigenvalue weighted by Gasteiger charge is -2.46. The number of benzene rings is 3. The predicted molar refractivity (Wildman–Crippen MR) is 183 cm³/mol. The predicted octanol–water partition coefficient (Wildman–Crippen LogP) is 5.77. The van der Waals surface area contributed by atoms with Gasteiger partial charge in [0.2, 0.25) is 17.3 Å². The van der Waals surface area contributed by atoms with E-state index in [0.717, 1.165) is 15.4 Å². The minimum absolute atomic E-state index is 0.0214. The van der Waals surface area contributed by atoms with E-state index in [4.69, 9.17) is 23.9 Å². The molecular formula is C38H42N2O8S. The topological polar surface area (TPSA) is 121 Å². The van der Waals surface area contributed by atoms with E-state index in [2.05, 4.69) is 6.58 Å². The number of piperidine rings is 1. The Morgan fingerprint density at radius 1 is 1.02 bits per heavy atom. The number of ether oxygens (including phenoxy) is 4. The van der Waals surface area contributed by atoms with Crippen molar-refractivity contribution in [1.29, 1.82) is 0 Å². The van der Waals surface area contributed by atoms with E-state index in [0.29, 0.717) is 24.2 Å². The largest absolute Gasteiger partial charge is 0.468 e. The summed E-state index contributed by atoms with van der Waals surface area (Å²) in [6, 6.07) is 25.1. The zero-order valence-corrected chi connectivity index (χ0v) is 28.8. The van der Waals surface area contributed by atoms with Crippen molar-refractivity contribution in [1.82, 2.24) is 4.31 Å². The number of amides is 1. The van der Waals surface area contributed by atoms with Crippen LogP contribution in [0.5, 0.6) is 0 Å². The van der Waals surface area contributed by atoms with E-state index in [1.165, 1.54) is 12.1 Å². The molecule has 6 atom stereocenters. The van der Waals surface area contributed by atoms with Crippen LogP contribution in [-0.4, -0.2) is 68.0 Å². The van der Waals surface area contributed by atoms with Crippen molar-refractivity contribution in [2.45, 2.75) is 69.0 Å². The van der Waals surface area contributed by atoms with Crippen LogP contribution in [0, 0.1) is 18.8 Å². The average molecular weight is 687 g/mol. The summed E-state index contributed by atoms with van der Waals surface area (Å²) in [7, 11) is -4.19. The maximum atomic E-state index is 14.6. The number of aryl methyl sites for hydroxylation is 1. The van der Waals surface area contributed by atoms with Gasteiger partial charge in [0.05, 0.1) is 18.1 Å². The Balaban J connectivity index is 1.46. The van der Waals surface area contributed by atoms with Crippen molar-refractivity contribution in [3.05, 3.63) is 114 Å². The molecule has 10 nitrogen and oxygen atoms in total. The maximum absolute atomic E-state index is 14.6. The first-order valence-electron chi connectivity index (χ1n) is 16.6. The molecule has 0 N–H and O–H groups in total. The SMILES string of the molecule is C=C(C)CC1C(=O)N(S(=O)(=O)c2ccc(C)cc2)CC[C@@H]1[C@@]1(C(=O)OCC)N=C(c2ccccc2)O[C@H]1[C@@H]1CCO[C@H](c2ccccc2)O1. The molecule has 0 saturated carbocycles. The summed E-state index contributed by atoms with van der Waals surface area (Å²) in [6.07, 6.45) is -1.78. The summed E-state index contributed by atoms with van der Waals surface area (Å²) < 4.78 is 53.8. The second-order valence-corrected chi connectivity index (χ2v) is 14.7. The van der Waals surface area contributed by atoms with Crippen LogP contribution < -0.4 is 0 Å². The van der Waals surface area contributed by atoms with E-state index in [1.54, 1.807) is 26.0 Å². The fraction of sp³-hybridized carbons (Fsp3) is 0.395. The quantitative estimate of drug-likeness (QED) is 0.195. The van der Waals surface area contributed by atoms with Crippen LogP contribution >= 0.6 is 0 Å². The van der Waals surface area contributed by atoms with Crippen molar-refractivity contribution in [2.75, 3.05) is 19.8 Å². The molecule has 1 amide bonds. The first-order valence-corrected chi connectivity index (χ1v) is 18.1. The number of allylic oxidation sites excluding steroid dienone is 1. The van der Waals surface area contributed by atoms with E-state index < -0.39 is 57.8 Å². The minimum atomic E-state index is -4.19. The highest BCUT2D eigenvalue weighted by Gasteiger charge is 2.65. The summed E-state index contributed by atoms with van der Waals surface area (Å²) in [5.41, 5.74) is 1.25. The van der Waals surface area contributed by atoms with Crippen LogP contribution in [0.4, 0.5) is 0 Å². The lowest BCUT2D eigenvalue weighted by Crippen LogP contribution is -2.63. The standard InChI is InChI=1S/C38H42N2O8S/c1-5-45-37(42)38(31-20-22-40(35(41)30(31)24-25(2)3)49(43,44)29-18-16-26(4)17-19-29)33(48-34(39-38)27-12-8-6-9-13-27)32-21-23-46-36(47-32)28-14-10-7-11-15-28/h6-19,30-33,36H,2,5,20-24H2,1,3-4H3/t30?,31-,32-,33-,36-,38+/m0/s1. The summed E-state index contributed by atoms with van der Waals surface area (Å²) in [5.74, 6) is -2.85. The molecule has 3 aliphatic rings. The van der Waals surface area contributed by atoms with E-state index in [9.17, 15) is 18.0 Å². The minimum Gasteiger partial charge on any atom is -0.468 e. The molecule has 0 radical (unpaired) electrons. The molecule has 0 aromatic heterocycles. The maximum Gasteiger partial charge on any atom is 0.338 e. The van der Waals surface area contributed by atoms with Crippen LogP contribution in [-0.2, 0) is 38.6 Å². The Hall–Kier alpha value is -4.32. The van der Waals surface area contributed by atoms with Crippen molar-refractivity contribution >= 4 is 27.8 Å². The number of carbonyl (C=O) groups is 2. The number of carbonyl (C=O) groups excluding carboxylic acids is 2. The molecule has 1 unspecified atom stereocenters. The highest BCUT2D eigenvalue weighted by Crippen LogP contribution is 2.49. The Kier molecular flexibility index (Phi) is 10.1. The van der Waals surface area contributed by atoms with Crippen molar-refractivity contribution in [3.63, 3.8) is 0 Å². The van der Waals surface area contributed by atoms with Gasteiger partial charge in [-0.15, -0.1) is 6.58 Å². The van der Waals surface area contributed by atoms with Gasteiger partial charge >= 0.3 is 5.97 Å². The number of sulfonamides is 1. The van der Waals surface area contributed by atoms with E-state index in [1.807, 2.05) is 67.6 Å². The van der Waals surface area contributed by atoms with Gasteiger partial charge in [0.25, 0.3) is 10.0 Å². The Bertz CT molecular complexity index is 1810. The first kappa shape index (κ1) is 34.5. The molecule has 6 rings (SSSR count). The lowest BCUT2D eigenvalue weighted by atomic mass is 9.66. The Morgan fingerprint density at radius 3 is 2.35 bits per heavy atom.